The van der Waals surface area contributed by atoms with Gasteiger partial charge in [0.2, 0.25) is 6.43 Å². The molecule has 0 atom stereocenters. The number of aromatic carboxylic acids is 2. The average molecular weight is 572 g/mol. The number of hydrogen-bond donors (Lipinski definition) is 2. The van der Waals surface area contributed by atoms with Gasteiger partial charge in [0.1, 0.15) is 11.5 Å². The fourth-order valence-electron chi connectivity index (χ4n) is 1.99. The van der Waals surface area contributed by atoms with Gasteiger partial charge in [-0.25, -0.2) is 18.4 Å². The molecule has 0 spiro atoms. The first-order valence-corrected chi connectivity index (χ1v) is 10.4. The van der Waals surface area contributed by atoms with E-state index in [9.17, 15) is 22.8 Å². The molecule has 0 bridgehead atoms. The summed E-state index contributed by atoms with van der Waals surface area (Å²) in [5.74, 6) is -1.44. The predicted octanol–water partition coefficient (Wildman–Crippen LogP) is 6.07. The van der Waals surface area contributed by atoms with E-state index >= 15 is 0 Å². The zero-order valence-electron chi connectivity index (χ0n) is 16.0. The lowest BCUT2D eigenvalue weighted by Crippen LogP contribution is -2.04. The van der Waals surface area contributed by atoms with Crippen LogP contribution in [0.2, 0.25) is 0 Å². The molecule has 31 heavy (non-hydrogen) atoms. The maximum Gasteiger partial charge on any atom is 0.335 e. The van der Waals surface area contributed by atoms with Crippen LogP contribution in [0.25, 0.3) is 0 Å². The number of carbonyl (C=O) groups is 2. The molecule has 0 heterocycles. The van der Waals surface area contributed by atoms with Crippen LogP contribution in [0.1, 0.15) is 33.6 Å². The van der Waals surface area contributed by atoms with E-state index in [-0.39, 0.29) is 36.5 Å². The summed E-state index contributed by atoms with van der Waals surface area (Å²) in [7, 11) is 0. The third kappa shape index (κ3) is 10.1. The summed E-state index contributed by atoms with van der Waals surface area (Å²) in [5, 5.41) is 17.5. The van der Waals surface area contributed by atoms with Crippen molar-refractivity contribution in [3.8, 4) is 11.5 Å². The SMILES string of the molecule is O=C(O)c1ccc(Br)c(OCCC(F)F)c1.O=C(O)c1ccc(Br)c(OCCCF)c1. The second kappa shape index (κ2) is 13.9. The van der Waals surface area contributed by atoms with Crippen molar-refractivity contribution >= 4 is 43.8 Å². The van der Waals surface area contributed by atoms with Crippen molar-refractivity contribution in [3.05, 3.63) is 56.5 Å². The predicted molar refractivity (Wildman–Crippen MR) is 114 cm³/mol. The van der Waals surface area contributed by atoms with Crippen LogP contribution < -0.4 is 9.47 Å². The Kier molecular flexibility index (Phi) is 12.0. The van der Waals surface area contributed by atoms with E-state index in [1.54, 1.807) is 6.07 Å². The van der Waals surface area contributed by atoms with E-state index in [4.69, 9.17) is 19.7 Å². The van der Waals surface area contributed by atoms with E-state index < -0.39 is 25.0 Å². The molecular formula is C20H19Br2F3O6. The molecule has 0 saturated carbocycles. The maximum absolute atomic E-state index is 11.9. The highest BCUT2D eigenvalue weighted by molar-refractivity contribution is 9.10. The van der Waals surface area contributed by atoms with E-state index in [0.717, 1.165) is 0 Å². The molecule has 0 saturated heterocycles. The summed E-state index contributed by atoms with van der Waals surface area (Å²) in [6.45, 7) is -0.367. The second-order valence-electron chi connectivity index (χ2n) is 5.82. The summed E-state index contributed by atoms with van der Waals surface area (Å²) in [6, 6.07) is 8.65. The van der Waals surface area contributed by atoms with Crippen LogP contribution >= 0.6 is 31.9 Å². The molecule has 0 aliphatic heterocycles. The minimum absolute atomic E-state index is 0.0512. The number of carboxylic acid groups (broad SMARTS) is 2. The van der Waals surface area contributed by atoms with Gasteiger partial charge in [0.15, 0.2) is 0 Å². The Morgan fingerprint density at radius 1 is 0.871 bits per heavy atom. The third-order valence-electron chi connectivity index (χ3n) is 3.49. The van der Waals surface area contributed by atoms with Gasteiger partial charge in [0, 0.05) is 12.8 Å². The Morgan fingerprint density at radius 3 is 1.71 bits per heavy atom. The van der Waals surface area contributed by atoms with Gasteiger partial charge < -0.3 is 19.7 Å². The van der Waals surface area contributed by atoms with Gasteiger partial charge in [-0.3, -0.25) is 4.39 Å². The fourth-order valence-corrected chi connectivity index (χ4v) is 2.71. The highest BCUT2D eigenvalue weighted by Gasteiger charge is 2.09. The summed E-state index contributed by atoms with van der Waals surface area (Å²) < 4.78 is 47.0. The highest BCUT2D eigenvalue weighted by Crippen LogP contribution is 2.27. The number of ether oxygens (including phenoxy) is 2. The Morgan fingerprint density at radius 2 is 1.32 bits per heavy atom. The molecule has 170 valence electrons. The van der Waals surface area contributed by atoms with Crippen LogP contribution in [0.5, 0.6) is 11.5 Å². The Balaban J connectivity index is 0.000000311. The average Bonchev–Trinajstić information content (AvgIpc) is 2.71. The normalized spacial score (nSPS) is 10.3. The van der Waals surface area contributed by atoms with E-state index in [2.05, 4.69) is 31.9 Å². The zero-order chi connectivity index (χ0) is 23.4. The standard InChI is InChI=1S/C10H9BrF2O3.C10H10BrFO3/c11-7-2-1-6(10(14)15)5-8(7)16-4-3-9(12)13;11-8-3-2-7(10(13)14)6-9(8)15-5-1-4-12/h1-2,5,9H,3-4H2,(H,14,15);2-3,6H,1,4-5H2,(H,13,14). The summed E-state index contributed by atoms with van der Waals surface area (Å²) in [6.07, 6.45) is -2.52. The molecule has 11 heteroatoms. The van der Waals surface area contributed by atoms with Gasteiger partial charge in [-0.1, -0.05) is 0 Å². The van der Waals surface area contributed by atoms with Crippen LogP contribution in [-0.2, 0) is 0 Å². The molecule has 0 amide bonds. The van der Waals surface area contributed by atoms with Crippen molar-refractivity contribution in [2.24, 2.45) is 0 Å². The van der Waals surface area contributed by atoms with Gasteiger partial charge in [0.05, 0.1) is 40.0 Å². The quantitative estimate of drug-likeness (QED) is 0.336. The lowest BCUT2D eigenvalue weighted by atomic mass is 10.2. The molecule has 6 nitrogen and oxygen atoms in total. The molecule has 2 aromatic rings. The number of hydrogen-bond acceptors (Lipinski definition) is 4. The van der Waals surface area contributed by atoms with Gasteiger partial charge in [-0.15, -0.1) is 0 Å². The molecule has 0 radical (unpaired) electrons. The molecule has 2 rings (SSSR count). The molecule has 2 N–H and O–H groups in total. The zero-order valence-corrected chi connectivity index (χ0v) is 19.2. The fraction of sp³-hybridized carbons (Fsp3) is 0.300. The van der Waals surface area contributed by atoms with Crippen molar-refractivity contribution < 1.29 is 42.4 Å². The number of halogens is 5. The van der Waals surface area contributed by atoms with Crippen LogP contribution in [0.15, 0.2) is 45.3 Å². The van der Waals surface area contributed by atoms with Crippen LogP contribution in [-0.4, -0.2) is 48.5 Å². The van der Waals surface area contributed by atoms with E-state index in [1.807, 2.05) is 0 Å². The summed E-state index contributed by atoms with van der Waals surface area (Å²) >= 11 is 6.36. The van der Waals surface area contributed by atoms with Crippen molar-refractivity contribution in [2.75, 3.05) is 19.9 Å². The second-order valence-corrected chi connectivity index (χ2v) is 7.53. The maximum atomic E-state index is 11.9. The minimum Gasteiger partial charge on any atom is -0.492 e. The molecular weight excluding hydrogens is 553 g/mol. The van der Waals surface area contributed by atoms with Crippen molar-refractivity contribution in [1.82, 2.24) is 0 Å². The van der Waals surface area contributed by atoms with Crippen molar-refractivity contribution in [3.63, 3.8) is 0 Å². The lowest BCUT2D eigenvalue weighted by Gasteiger charge is -2.08. The largest absolute Gasteiger partial charge is 0.492 e. The molecule has 2 aromatic carbocycles. The molecule has 0 aliphatic rings. The first kappa shape index (κ1) is 26.8. The summed E-state index contributed by atoms with van der Waals surface area (Å²) in [5.41, 5.74) is 0.198. The first-order valence-electron chi connectivity index (χ1n) is 8.81. The van der Waals surface area contributed by atoms with Crippen molar-refractivity contribution in [1.29, 1.82) is 0 Å². The number of carboxylic acids is 2. The molecule has 0 aliphatic carbocycles. The van der Waals surface area contributed by atoms with Crippen LogP contribution in [0, 0.1) is 0 Å². The number of benzene rings is 2. The Bertz CT molecular complexity index is 880. The minimum atomic E-state index is -2.43. The van der Waals surface area contributed by atoms with Gasteiger partial charge in [0.25, 0.3) is 0 Å². The van der Waals surface area contributed by atoms with Crippen molar-refractivity contribution in [2.45, 2.75) is 19.3 Å². The Labute approximate surface area is 193 Å². The van der Waals surface area contributed by atoms with Crippen LogP contribution in [0.4, 0.5) is 13.2 Å². The smallest absolute Gasteiger partial charge is 0.335 e. The highest BCUT2D eigenvalue weighted by atomic mass is 79.9. The number of rotatable bonds is 10. The monoisotopic (exact) mass is 570 g/mol. The lowest BCUT2D eigenvalue weighted by molar-refractivity contribution is 0.0685. The first-order chi connectivity index (χ1) is 14.6. The molecule has 0 aromatic heterocycles. The third-order valence-corrected chi connectivity index (χ3v) is 4.80. The molecule has 0 unspecified atom stereocenters. The van der Waals surface area contributed by atoms with Gasteiger partial charge in [-0.05, 0) is 68.3 Å². The molecule has 0 fully saturated rings. The summed E-state index contributed by atoms with van der Waals surface area (Å²) in [4.78, 5) is 21.3. The Hall–Kier alpha value is -2.27. The van der Waals surface area contributed by atoms with E-state index in [1.165, 1.54) is 30.3 Å². The number of alkyl halides is 3. The van der Waals surface area contributed by atoms with Gasteiger partial charge in [-0.2, -0.15) is 0 Å². The van der Waals surface area contributed by atoms with Gasteiger partial charge >= 0.3 is 11.9 Å². The van der Waals surface area contributed by atoms with E-state index in [0.29, 0.717) is 21.1 Å². The van der Waals surface area contributed by atoms with Crippen LogP contribution in [0.3, 0.4) is 0 Å². The topological polar surface area (TPSA) is 93.1 Å².